The maximum absolute atomic E-state index is 4.36. The van der Waals surface area contributed by atoms with Crippen LogP contribution in [0.3, 0.4) is 0 Å². The summed E-state index contributed by atoms with van der Waals surface area (Å²) < 4.78 is 1.94. The van der Waals surface area contributed by atoms with Crippen LogP contribution in [0.4, 0.5) is 0 Å². The maximum Gasteiger partial charge on any atom is 0.0597 e. The van der Waals surface area contributed by atoms with E-state index >= 15 is 0 Å². The van der Waals surface area contributed by atoms with Crippen molar-refractivity contribution in [1.29, 1.82) is 0 Å². The highest BCUT2D eigenvalue weighted by atomic mass is 15.3. The Bertz CT molecular complexity index is 528. The minimum absolute atomic E-state index is 0.349. The maximum atomic E-state index is 4.36. The van der Waals surface area contributed by atoms with Crippen LogP contribution in [0.15, 0.2) is 30.3 Å². The molecular weight excluding hydrogens is 222 g/mol. The smallest absolute Gasteiger partial charge is 0.0597 e. The average Bonchev–Trinajstić information content (AvgIpc) is 2.65. The molecule has 0 spiro atoms. The molecule has 0 fully saturated rings. The molecule has 0 aliphatic carbocycles. The fourth-order valence-electron chi connectivity index (χ4n) is 2.27. The van der Waals surface area contributed by atoms with Crippen molar-refractivity contribution >= 4 is 0 Å². The lowest BCUT2D eigenvalue weighted by Gasteiger charge is -2.16. The van der Waals surface area contributed by atoms with E-state index in [4.69, 9.17) is 0 Å². The molecule has 18 heavy (non-hydrogen) atoms. The molecule has 0 aliphatic rings. The molecule has 0 unspecified atom stereocenters. The van der Waals surface area contributed by atoms with Crippen molar-refractivity contribution in [2.45, 2.75) is 33.4 Å². The second-order valence-electron chi connectivity index (χ2n) is 4.86. The third-order valence-electron chi connectivity index (χ3n) is 3.34. The zero-order chi connectivity index (χ0) is 13.1. The Balaban J connectivity index is 2.03. The van der Waals surface area contributed by atoms with E-state index in [-0.39, 0.29) is 0 Å². The van der Waals surface area contributed by atoms with E-state index < -0.39 is 0 Å². The number of aromatic nitrogens is 2. The van der Waals surface area contributed by atoms with Crippen LogP contribution < -0.4 is 5.32 Å². The van der Waals surface area contributed by atoms with Crippen LogP contribution in [0, 0.1) is 13.8 Å². The van der Waals surface area contributed by atoms with Crippen molar-refractivity contribution < 1.29 is 0 Å². The first-order chi connectivity index (χ1) is 8.58. The lowest BCUT2D eigenvalue weighted by molar-refractivity contribution is 0.546. The Morgan fingerprint density at radius 2 is 2.00 bits per heavy atom. The van der Waals surface area contributed by atoms with Gasteiger partial charge in [0.15, 0.2) is 0 Å². The predicted octanol–water partition coefficient (Wildman–Crippen LogP) is 2.89. The molecule has 2 aromatic rings. The fourth-order valence-corrected chi connectivity index (χ4v) is 2.27. The van der Waals surface area contributed by atoms with Gasteiger partial charge in [-0.15, -0.1) is 0 Å². The summed E-state index contributed by atoms with van der Waals surface area (Å²) in [4.78, 5) is 0. The number of hydrogen-bond donors (Lipinski definition) is 1. The molecule has 1 N–H and O–H groups in total. The highest BCUT2D eigenvalue weighted by Crippen LogP contribution is 2.17. The molecule has 3 heteroatoms. The van der Waals surface area contributed by atoms with Gasteiger partial charge in [-0.3, -0.25) is 4.68 Å². The van der Waals surface area contributed by atoms with Gasteiger partial charge in [0.1, 0.15) is 0 Å². The molecular formula is C15H21N3. The van der Waals surface area contributed by atoms with Gasteiger partial charge in [-0.25, -0.2) is 0 Å². The Kier molecular flexibility index (Phi) is 3.82. The van der Waals surface area contributed by atoms with Crippen molar-refractivity contribution in [2.24, 2.45) is 7.05 Å². The van der Waals surface area contributed by atoms with E-state index in [2.05, 4.69) is 54.6 Å². The first-order valence-corrected chi connectivity index (χ1v) is 6.36. The van der Waals surface area contributed by atoms with Crippen molar-refractivity contribution in [2.75, 3.05) is 0 Å². The van der Waals surface area contributed by atoms with Crippen LogP contribution in [0.25, 0.3) is 0 Å². The van der Waals surface area contributed by atoms with Crippen molar-refractivity contribution in [3.05, 3.63) is 52.8 Å². The Hall–Kier alpha value is -1.61. The number of benzene rings is 1. The van der Waals surface area contributed by atoms with E-state index in [1.807, 2.05) is 18.7 Å². The molecule has 1 aromatic heterocycles. The topological polar surface area (TPSA) is 29.9 Å². The first-order valence-electron chi connectivity index (χ1n) is 6.36. The van der Waals surface area contributed by atoms with Gasteiger partial charge >= 0.3 is 0 Å². The molecule has 0 saturated heterocycles. The fraction of sp³-hybridized carbons (Fsp3) is 0.400. The second-order valence-corrected chi connectivity index (χ2v) is 4.86. The second kappa shape index (κ2) is 5.36. The lowest BCUT2D eigenvalue weighted by atomic mass is 10.0. The third kappa shape index (κ3) is 2.79. The highest BCUT2D eigenvalue weighted by Gasteiger charge is 2.08. The average molecular weight is 243 g/mol. The molecule has 0 radical (unpaired) electrons. The number of nitrogens with zero attached hydrogens (tertiary/aromatic N) is 2. The van der Waals surface area contributed by atoms with Gasteiger partial charge in [0.05, 0.1) is 11.4 Å². The van der Waals surface area contributed by atoms with Crippen molar-refractivity contribution in [3.8, 4) is 0 Å². The van der Waals surface area contributed by atoms with E-state index in [1.165, 1.54) is 16.8 Å². The lowest BCUT2D eigenvalue weighted by Crippen LogP contribution is -2.20. The minimum Gasteiger partial charge on any atom is -0.305 e. The van der Waals surface area contributed by atoms with E-state index in [0.29, 0.717) is 6.04 Å². The van der Waals surface area contributed by atoms with E-state index in [0.717, 1.165) is 12.2 Å². The molecule has 96 valence electrons. The summed E-state index contributed by atoms with van der Waals surface area (Å²) in [5, 5.41) is 7.91. The van der Waals surface area contributed by atoms with Crippen molar-refractivity contribution in [3.63, 3.8) is 0 Å². The Morgan fingerprint density at radius 3 is 2.61 bits per heavy atom. The summed E-state index contributed by atoms with van der Waals surface area (Å²) in [6.07, 6.45) is 0. The molecule has 1 heterocycles. The summed E-state index contributed by atoms with van der Waals surface area (Å²) in [7, 11) is 1.99. The zero-order valence-corrected chi connectivity index (χ0v) is 11.6. The number of rotatable bonds is 4. The normalized spacial score (nSPS) is 12.7. The van der Waals surface area contributed by atoms with Gasteiger partial charge in [0.2, 0.25) is 0 Å². The number of hydrogen-bond acceptors (Lipinski definition) is 2. The third-order valence-corrected chi connectivity index (χ3v) is 3.34. The van der Waals surface area contributed by atoms with Gasteiger partial charge in [-0.1, -0.05) is 24.3 Å². The van der Waals surface area contributed by atoms with Gasteiger partial charge in [-0.2, -0.15) is 5.10 Å². The monoisotopic (exact) mass is 243 g/mol. The molecule has 0 bridgehead atoms. The van der Waals surface area contributed by atoms with Gasteiger partial charge in [0.25, 0.3) is 0 Å². The Labute approximate surface area is 109 Å². The Morgan fingerprint density at radius 1 is 1.28 bits per heavy atom. The minimum atomic E-state index is 0.349. The number of nitrogens with one attached hydrogen (secondary N) is 1. The summed E-state index contributed by atoms with van der Waals surface area (Å²) in [6, 6.07) is 11.0. The summed E-state index contributed by atoms with van der Waals surface area (Å²) in [5.41, 5.74) is 4.97. The van der Waals surface area contributed by atoms with Crippen LogP contribution in [0.5, 0.6) is 0 Å². The standard InChI is InChI=1S/C15H21N3/c1-11-7-5-6-8-15(11)13(3)16-10-14-9-12(2)17-18(14)4/h5-9,13,16H,10H2,1-4H3/t13-/m1/s1. The highest BCUT2D eigenvalue weighted by molar-refractivity contribution is 5.28. The van der Waals surface area contributed by atoms with Crippen molar-refractivity contribution in [1.82, 2.24) is 15.1 Å². The first kappa shape index (κ1) is 12.8. The van der Waals surface area contributed by atoms with E-state index in [1.54, 1.807) is 0 Å². The zero-order valence-electron chi connectivity index (χ0n) is 11.6. The summed E-state index contributed by atoms with van der Waals surface area (Å²) in [5.74, 6) is 0. The van der Waals surface area contributed by atoms with Crippen LogP contribution in [0.2, 0.25) is 0 Å². The molecule has 1 atom stereocenters. The van der Waals surface area contributed by atoms with Crippen LogP contribution in [-0.2, 0) is 13.6 Å². The van der Waals surface area contributed by atoms with Gasteiger partial charge in [-0.05, 0) is 38.0 Å². The van der Waals surface area contributed by atoms with Crippen LogP contribution in [0.1, 0.15) is 35.5 Å². The van der Waals surface area contributed by atoms with Crippen LogP contribution in [-0.4, -0.2) is 9.78 Å². The molecule has 0 amide bonds. The largest absolute Gasteiger partial charge is 0.305 e. The molecule has 0 saturated carbocycles. The molecule has 3 nitrogen and oxygen atoms in total. The van der Waals surface area contributed by atoms with Gasteiger partial charge < -0.3 is 5.32 Å². The molecule has 2 rings (SSSR count). The summed E-state index contributed by atoms with van der Waals surface area (Å²) >= 11 is 0. The quantitative estimate of drug-likeness (QED) is 0.895. The molecule has 1 aromatic carbocycles. The number of aryl methyl sites for hydroxylation is 3. The summed E-state index contributed by atoms with van der Waals surface area (Å²) in [6.45, 7) is 7.22. The van der Waals surface area contributed by atoms with Gasteiger partial charge in [0, 0.05) is 19.6 Å². The van der Waals surface area contributed by atoms with Crippen LogP contribution >= 0.6 is 0 Å². The predicted molar refractivity (Wildman–Crippen MR) is 74.4 cm³/mol. The SMILES string of the molecule is Cc1cc(CN[C@H](C)c2ccccc2C)n(C)n1. The van der Waals surface area contributed by atoms with E-state index in [9.17, 15) is 0 Å². The molecule has 0 aliphatic heterocycles.